The van der Waals surface area contributed by atoms with Crippen molar-refractivity contribution in [3.05, 3.63) is 63.6 Å². The van der Waals surface area contributed by atoms with E-state index in [0.717, 1.165) is 5.56 Å². The van der Waals surface area contributed by atoms with Crippen molar-refractivity contribution in [1.82, 2.24) is 10.7 Å². The summed E-state index contributed by atoms with van der Waals surface area (Å²) >= 11 is 3.27. The Morgan fingerprint density at radius 2 is 2.00 bits per heavy atom. The number of carbonyl (C=O) groups is 2. The minimum atomic E-state index is -0.474. The first-order valence-electron chi connectivity index (χ1n) is 7.11. The van der Waals surface area contributed by atoms with E-state index in [2.05, 4.69) is 31.8 Å². The number of nitrogens with one attached hydrogen (secondary N) is 2. The molecular formula is C17H16BrN3O3. The van der Waals surface area contributed by atoms with Crippen LogP contribution in [-0.2, 0) is 4.79 Å². The number of aryl methyl sites for hydroxylation is 1. The number of nitrogens with zero attached hydrogens (tertiary/aromatic N) is 1. The topological polar surface area (TPSA) is 90.8 Å². The molecule has 6 nitrogen and oxygen atoms in total. The number of halogens is 1. The van der Waals surface area contributed by atoms with E-state index in [9.17, 15) is 14.7 Å². The molecule has 0 aromatic heterocycles. The molecule has 24 heavy (non-hydrogen) atoms. The Hall–Kier alpha value is -2.67. The first-order valence-corrected chi connectivity index (χ1v) is 7.91. The van der Waals surface area contributed by atoms with Gasteiger partial charge in [0.05, 0.1) is 18.3 Å². The van der Waals surface area contributed by atoms with E-state index in [4.69, 9.17) is 0 Å². The Labute approximate surface area is 147 Å². The van der Waals surface area contributed by atoms with Gasteiger partial charge in [-0.15, -0.1) is 0 Å². The Morgan fingerprint density at radius 1 is 1.25 bits per heavy atom. The minimum absolute atomic E-state index is 0.0789. The van der Waals surface area contributed by atoms with Crippen LogP contribution < -0.4 is 10.7 Å². The number of benzene rings is 2. The zero-order valence-electron chi connectivity index (χ0n) is 12.9. The van der Waals surface area contributed by atoms with Gasteiger partial charge >= 0.3 is 0 Å². The summed E-state index contributed by atoms with van der Waals surface area (Å²) in [5.41, 5.74) is 4.13. The fraction of sp³-hybridized carbons (Fsp3) is 0.118. The summed E-state index contributed by atoms with van der Waals surface area (Å²) < 4.78 is 0.649. The third kappa shape index (κ3) is 4.92. The molecule has 0 unspecified atom stereocenters. The van der Waals surface area contributed by atoms with Gasteiger partial charge in [-0.3, -0.25) is 9.59 Å². The lowest BCUT2D eigenvalue weighted by Gasteiger charge is -2.06. The van der Waals surface area contributed by atoms with Crippen molar-refractivity contribution in [1.29, 1.82) is 0 Å². The van der Waals surface area contributed by atoms with Crippen LogP contribution >= 0.6 is 15.9 Å². The monoisotopic (exact) mass is 389 g/mol. The number of aromatic hydroxyl groups is 1. The second kappa shape index (κ2) is 8.26. The Bertz CT molecular complexity index is 790. The first-order chi connectivity index (χ1) is 11.5. The highest BCUT2D eigenvalue weighted by atomic mass is 79.9. The molecule has 2 aromatic carbocycles. The number of hydrogen-bond donors (Lipinski definition) is 3. The van der Waals surface area contributed by atoms with Gasteiger partial charge < -0.3 is 10.4 Å². The van der Waals surface area contributed by atoms with E-state index in [-0.39, 0.29) is 18.2 Å². The van der Waals surface area contributed by atoms with E-state index < -0.39 is 5.91 Å². The summed E-state index contributed by atoms with van der Waals surface area (Å²) in [6.07, 6.45) is 1.34. The van der Waals surface area contributed by atoms with Gasteiger partial charge in [-0.25, -0.2) is 5.43 Å². The maximum atomic E-state index is 11.9. The lowest BCUT2D eigenvalue weighted by molar-refractivity contribution is -0.120. The van der Waals surface area contributed by atoms with E-state index in [1.807, 2.05) is 13.0 Å². The van der Waals surface area contributed by atoms with Crippen molar-refractivity contribution in [3.63, 3.8) is 0 Å². The Morgan fingerprint density at radius 3 is 2.71 bits per heavy atom. The number of phenolic OH excluding ortho intramolecular Hbond substituents is 1. The highest BCUT2D eigenvalue weighted by Gasteiger charge is 2.10. The minimum Gasteiger partial charge on any atom is -0.507 e. The number of hydrazone groups is 1. The quantitative estimate of drug-likeness (QED) is 0.541. The molecule has 0 bridgehead atoms. The second-order valence-electron chi connectivity index (χ2n) is 5.02. The predicted octanol–water partition coefficient (Wildman–Crippen LogP) is 2.34. The molecule has 7 heteroatoms. The summed E-state index contributed by atoms with van der Waals surface area (Å²) in [5, 5.41) is 16.0. The molecule has 0 aliphatic rings. The van der Waals surface area contributed by atoms with E-state index in [1.54, 1.807) is 36.4 Å². The summed E-state index contributed by atoms with van der Waals surface area (Å²) in [6, 6.07) is 12.0. The smallest absolute Gasteiger partial charge is 0.259 e. The van der Waals surface area contributed by atoms with Gasteiger partial charge in [0.25, 0.3) is 11.8 Å². The largest absolute Gasteiger partial charge is 0.507 e. The molecule has 0 heterocycles. The number of carbonyl (C=O) groups excluding carboxylic acids is 2. The first kappa shape index (κ1) is 17.7. The normalized spacial score (nSPS) is 10.6. The summed E-state index contributed by atoms with van der Waals surface area (Å²) in [7, 11) is 0. The molecule has 3 N–H and O–H groups in total. The van der Waals surface area contributed by atoms with Crippen LogP contribution in [-0.4, -0.2) is 29.7 Å². The Kier molecular flexibility index (Phi) is 6.08. The van der Waals surface area contributed by atoms with Crippen LogP contribution in [0, 0.1) is 6.92 Å². The van der Waals surface area contributed by atoms with Crippen molar-refractivity contribution in [3.8, 4) is 5.75 Å². The fourth-order valence-corrected chi connectivity index (χ4v) is 2.34. The van der Waals surface area contributed by atoms with Crippen molar-refractivity contribution >= 4 is 34.0 Å². The molecule has 0 aliphatic carbocycles. The SMILES string of the molecule is Cc1ccc(C=NNC(=O)CNC(=O)c2ccccc2Br)c(O)c1. The third-order valence-electron chi connectivity index (χ3n) is 3.11. The molecule has 2 aromatic rings. The molecule has 2 amide bonds. The molecule has 0 radical (unpaired) electrons. The van der Waals surface area contributed by atoms with E-state index in [1.165, 1.54) is 6.21 Å². The maximum Gasteiger partial charge on any atom is 0.259 e. The van der Waals surface area contributed by atoms with Gasteiger partial charge in [0.15, 0.2) is 0 Å². The van der Waals surface area contributed by atoms with Gasteiger partial charge in [0.2, 0.25) is 0 Å². The lowest BCUT2D eigenvalue weighted by atomic mass is 10.1. The Balaban J connectivity index is 1.84. The standard InChI is InChI=1S/C17H16BrN3O3/c1-11-6-7-12(15(22)8-11)9-20-21-16(23)10-19-17(24)13-4-2-3-5-14(13)18/h2-9,22H,10H2,1H3,(H,19,24)(H,21,23). The average Bonchev–Trinajstić information content (AvgIpc) is 2.55. The van der Waals surface area contributed by atoms with Gasteiger partial charge in [0.1, 0.15) is 5.75 Å². The van der Waals surface area contributed by atoms with E-state index >= 15 is 0 Å². The summed E-state index contributed by atoms with van der Waals surface area (Å²) in [6.45, 7) is 1.65. The van der Waals surface area contributed by atoms with Crippen molar-refractivity contribution in [2.24, 2.45) is 5.10 Å². The van der Waals surface area contributed by atoms with Crippen LogP contribution in [0.4, 0.5) is 0 Å². The van der Waals surface area contributed by atoms with Crippen molar-refractivity contribution in [2.75, 3.05) is 6.54 Å². The number of amides is 2. The summed E-state index contributed by atoms with van der Waals surface area (Å²) in [4.78, 5) is 23.6. The molecule has 2 rings (SSSR count). The van der Waals surface area contributed by atoms with Crippen LogP contribution in [0.15, 0.2) is 52.0 Å². The summed E-state index contributed by atoms with van der Waals surface area (Å²) in [5.74, 6) is -0.758. The second-order valence-corrected chi connectivity index (χ2v) is 5.87. The molecule has 0 saturated heterocycles. The van der Waals surface area contributed by atoms with Gasteiger partial charge in [-0.05, 0) is 52.7 Å². The molecule has 0 spiro atoms. The molecule has 0 saturated carbocycles. The number of phenols is 1. The van der Waals surface area contributed by atoms with Crippen LogP contribution in [0.2, 0.25) is 0 Å². The van der Waals surface area contributed by atoms with Crippen LogP contribution in [0.25, 0.3) is 0 Å². The predicted molar refractivity (Wildman–Crippen MR) is 95.1 cm³/mol. The fourth-order valence-electron chi connectivity index (χ4n) is 1.88. The zero-order chi connectivity index (χ0) is 17.5. The molecule has 0 fully saturated rings. The highest BCUT2D eigenvalue weighted by Crippen LogP contribution is 2.16. The van der Waals surface area contributed by atoms with E-state index in [0.29, 0.717) is 15.6 Å². The maximum absolute atomic E-state index is 11.9. The van der Waals surface area contributed by atoms with Crippen LogP contribution in [0.1, 0.15) is 21.5 Å². The van der Waals surface area contributed by atoms with Crippen molar-refractivity contribution in [2.45, 2.75) is 6.92 Å². The zero-order valence-corrected chi connectivity index (χ0v) is 14.5. The van der Waals surface area contributed by atoms with Crippen LogP contribution in [0.5, 0.6) is 5.75 Å². The van der Waals surface area contributed by atoms with Gasteiger partial charge in [-0.2, -0.15) is 5.10 Å². The van der Waals surface area contributed by atoms with Crippen molar-refractivity contribution < 1.29 is 14.7 Å². The third-order valence-corrected chi connectivity index (χ3v) is 3.80. The molecule has 124 valence electrons. The number of rotatable bonds is 5. The highest BCUT2D eigenvalue weighted by molar-refractivity contribution is 9.10. The molecule has 0 aliphatic heterocycles. The number of hydrogen-bond acceptors (Lipinski definition) is 4. The lowest BCUT2D eigenvalue weighted by Crippen LogP contribution is -2.35. The molecule has 0 atom stereocenters. The van der Waals surface area contributed by atoms with Gasteiger partial charge in [0, 0.05) is 10.0 Å². The molecular weight excluding hydrogens is 374 g/mol. The average molecular weight is 390 g/mol. The van der Waals surface area contributed by atoms with Gasteiger partial charge in [-0.1, -0.05) is 18.2 Å². The van der Waals surface area contributed by atoms with Crippen LogP contribution in [0.3, 0.4) is 0 Å².